The predicted molar refractivity (Wildman–Crippen MR) is 62.9 cm³/mol. The van der Waals surface area contributed by atoms with Crippen LogP contribution in [0.5, 0.6) is 0 Å². The molecule has 0 saturated carbocycles. The zero-order chi connectivity index (χ0) is 10.8. The van der Waals surface area contributed by atoms with E-state index in [-0.39, 0.29) is 5.95 Å². The molecule has 0 bridgehead atoms. The molecule has 0 saturated heterocycles. The van der Waals surface area contributed by atoms with Gasteiger partial charge in [-0.25, -0.2) is 9.97 Å². The van der Waals surface area contributed by atoms with Gasteiger partial charge in [0.25, 0.3) is 0 Å². The zero-order valence-corrected chi connectivity index (χ0v) is 10.9. The average Bonchev–Trinajstić information content (AvgIpc) is 2.58. The molecule has 8 heteroatoms. The molecule has 78 valence electrons. The molecule has 2 aromatic heterocycles. The highest BCUT2D eigenvalue weighted by atomic mass is 79.9. The van der Waals surface area contributed by atoms with Gasteiger partial charge >= 0.3 is 0 Å². The molecule has 2 rings (SSSR count). The third-order valence-corrected chi connectivity index (χ3v) is 4.16. The smallest absolute Gasteiger partial charge is 0.221 e. The number of nitrogen functional groups attached to an aromatic ring is 1. The summed E-state index contributed by atoms with van der Waals surface area (Å²) >= 11 is 6.28. The van der Waals surface area contributed by atoms with Gasteiger partial charge in [0, 0.05) is 6.20 Å². The predicted octanol–water partition coefficient (Wildman–Crippen LogP) is 2.13. The lowest BCUT2D eigenvalue weighted by Crippen LogP contribution is -1.95. The number of hydrogen-bond donors (Lipinski definition) is 1. The molecule has 0 unspecified atom stereocenters. The van der Waals surface area contributed by atoms with Crippen LogP contribution in [0, 0.1) is 6.92 Å². The summed E-state index contributed by atoms with van der Waals surface area (Å²) in [5, 5.41) is 9.59. The fourth-order valence-corrected chi connectivity index (χ4v) is 2.99. The number of nitrogens with two attached hydrogens (primary N) is 1. The molecule has 0 radical (unpaired) electrons. The quantitative estimate of drug-likeness (QED) is 0.856. The molecule has 0 aromatic carbocycles. The largest absolute Gasteiger partial charge is 0.368 e. The van der Waals surface area contributed by atoms with E-state index in [4.69, 9.17) is 5.73 Å². The van der Waals surface area contributed by atoms with E-state index in [0.29, 0.717) is 0 Å². The highest BCUT2D eigenvalue weighted by Crippen LogP contribution is 2.33. The van der Waals surface area contributed by atoms with Crippen LogP contribution < -0.4 is 5.73 Å². The Bertz CT molecular complexity index is 486. The Morgan fingerprint density at radius 3 is 2.93 bits per heavy atom. The molecule has 2 aromatic rings. The molecule has 0 aliphatic heterocycles. The molecule has 0 amide bonds. The van der Waals surface area contributed by atoms with Gasteiger partial charge < -0.3 is 5.73 Å². The summed E-state index contributed by atoms with van der Waals surface area (Å²) in [6, 6.07) is 0. The number of aromatic nitrogens is 4. The lowest BCUT2D eigenvalue weighted by atomic mass is 10.7. The number of hydrogen-bond acceptors (Lipinski definition) is 7. The SMILES string of the molecule is Cc1nnc(Sc2nc(N)ncc2Br)s1. The second-order valence-corrected chi connectivity index (χ2v) is 5.84. The second-order valence-electron chi connectivity index (χ2n) is 2.57. The molecular formula is C7H6BrN5S2. The summed E-state index contributed by atoms with van der Waals surface area (Å²) < 4.78 is 1.64. The van der Waals surface area contributed by atoms with Gasteiger partial charge in [-0.3, -0.25) is 0 Å². The number of anilines is 1. The van der Waals surface area contributed by atoms with E-state index in [9.17, 15) is 0 Å². The van der Waals surface area contributed by atoms with Gasteiger partial charge in [0.05, 0.1) is 4.47 Å². The lowest BCUT2D eigenvalue weighted by Gasteiger charge is -1.99. The van der Waals surface area contributed by atoms with Crippen LogP contribution in [0.4, 0.5) is 5.95 Å². The van der Waals surface area contributed by atoms with Gasteiger partial charge in [-0.05, 0) is 34.6 Å². The van der Waals surface area contributed by atoms with Gasteiger partial charge in [-0.1, -0.05) is 11.3 Å². The van der Waals surface area contributed by atoms with Crippen LogP contribution in [-0.4, -0.2) is 20.2 Å². The van der Waals surface area contributed by atoms with Crippen molar-refractivity contribution in [3.8, 4) is 0 Å². The van der Waals surface area contributed by atoms with Crippen LogP contribution >= 0.6 is 39.0 Å². The van der Waals surface area contributed by atoms with Gasteiger partial charge in [0.2, 0.25) is 5.95 Å². The first-order valence-electron chi connectivity index (χ1n) is 3.91. The Balaban J connectivity index is 2.27. The maximum absolute atomic E-state index is 5.50. The minimum absolute atomic E-state index is 0.252. The summed E-state index contributed by atoms with van der Waals surface area (Å²) in [4.78, 5) is 7.96. The summed E-state index contributed by atoms with van der Waals surface area (Å²) in [5.41, 5.74) is 5.50. The van der Waals surface area contributed by atoms with Crippen molar-refractivity contribution in [3.05, 3.63) is 15.7 Å². The fourth-order valence-electron chi connectivity index (χ4n) is 0.838. The molecule has 0 aliphatic rings. The Morgan fingerprint density at radius 1 is 1.47 bits per heavy atom. The number of rotatable bonds is 2. The van der Waals surface area contributed by atoms with Crippen LogP contribution in [0.25, 0.3) is 0 Å². The van der Waals surface area contributed by atoms with Crippen LogP contribution in [0.2, 0.25) is 0 Å². The number of halogens is 1. The molecule has 0 atom stereocenters. The van der Waals surface area contributed by atoms with E-state index < -0.39 is 0 Å². The van der Waals surface area contributed by atoms with Crippen molar-refractivity contribution in [3.63, 3.8) is 0 Å². The molecule has 0 fully saturated rings. The van der Waals surface area contributed by atoms with E-state index in [2.05, 4.69) is 36.1 Å². The highest BCUT2D eigenvalue weighted by Gasteiger charge is 2.09. The summed E-state index contributed by atoms with van der Waals surface area (Å²) in [7, 11) is 0. The Kier molecular flexibility index (Phi) is 3.17. The summed E-state index contributed by atoms with van der Waals surface area (Å²) in [6.45, 7) is 1.91. The van der Waals surface area contributed by atoms with Gasteiger partial charge in [0.1, 0.15) is 10.0 Å². The minimum Gasteiger partial charge on any atom is -0.368 e. The maximum Gasteiger partial charge on any atom is 0.221 e. The first kappa shape index (κ1) is 10.8. The highest BCUT2D eigenvalue weighted by molar-refractivity contribution is 9.10. The van der Waals surface area contributed by atoms with Gasteiger partial charge in [-0.2, -0.15) is 0 Å². The molecule has 0 aliphatic carbocycles. The van der Waals surface area contributed by atoms with Crippen LogP contribution in [-0.2, 0) is 0 Å². The normalized spacial score (nSPS) is 10.5. The van der Waals surface area contributed by atoms with E-state index in [0.717, 1.165) is 18.8 Å². The van der Waals surface area contributed by atoms with Crippen molar-refractivity contribution in [2.24, 2.45) is 0 Å². The molecule has 15 heavy (non-hydrogen) atoms. The Labute approximate surface area is 103 Å². The van der Waals surface area contributed by atoms with E-state index >= 15 is 0 Å². The third kappa shape index (κ3) is 2.64. The second kappa shape index (κ2) is 4.42. The molecule has 0 spiro atoms. The van der Waals surface area contributed by atoms with Gasteiger partial charge in [0.15, 0.2) is 4.34 Å². The molecule has 2 N–H and O–H groups in total. The zero-order valence-electron chi connectivity index (χ0n) is 7.64. The fraction of sp³-hybridized carbons (Fsp3) is 0.143. The van der Waals surface area contributed by atoms with Crippen molar-refractivity contribution < 1.29 is 0 Å². The number of aryl methyl sites for hydroxylation is 1. The van der Waals surface area contributed by atoms with Crippen molar-refractivity contribution in [1.82, 2.24) is 20.2 Å². The standard InChI is InChI=1S/C7H6BrN5S2/c1-3-12-13-7(14-3)15-5-4(8)2-10-6(9)11-5/h2H,1H3,(H2,9,10,11). The minimum atomic E-state index is 0.252. The molecule has 5 nitrogen and oxygen atoms in total. The van der Waals surface area contributed by atoms with Crippen molar-refractivity contribution in [1.29, 1.82) is 0 Å². The Hall–Kier alpha value is -0.730. The average molecular weight is 304 g/mol. The van der Waals surface area contributed by atoms with E-state index in [1.165, 1.54) is 23.1 Å². The van der Waals surface area contributed by atoms with Crippen molar-refractivity contribution in [2.45, 2.75) is 16.3 Å². The maximum atomic E-state index is 5.50. The monoisotopic (exact) mass is 303 g/mol. The molecule has 2 heterocycles. The summed E-state index contributed by atoms with van der Waals surface area (Å²) in [6.07, 6.45) is 1.62. The van der Waals surface area contributed by atoms with E-state index in [1.807, 2.05) is 6.92 Å². The van der Waals surface area contributed by atoms with Crippen LogP contribution in [0.1, 0.15) is 5.01 Å². The van der Waals surface area contributed by atoms with E-state index in [1.54, 1.807) is 6.20 Å². The summed E-state index contributed by atoms with van der Waals surface area (Å²) in [5.74, 6) is 0.252. The Morgan fingerprint density at radius 2 is 2.27 bits per heavy atom. The first-order chi connectivity index (χ1) is 7.15. The topological polar surface area (TPSA) is 77.6 Å². The number of nitrogens with zero attached hydrogens (tertiary/aromatic N) is 4. The van der Waals surface area contributed by atoms with Crippen molar-refractivity contribution >= 4 is 45.0 Å². The van der Waals surface area contributed by atoms with Crippen LogP contribution in [0.3, 0.4) is 0 Å². The lowest BCUT2D eigenvalue weighted by molar-refractivity contribution is 0.976. The van der Waals surface area contributed by atoms with Crippen molar-refractivity contribution in [2.75, 3.05) is 5.73 Å². The third-order valence-electron chi connectivity index (χ3n) is 1.42. The van der Waals surface area contributed by atoms with Crippen LogP contribution in [0.15, 0.2) is 20.0 Å². The van der Waals surface area contributed by atoms with Gasteiger partial charge in [-0.15, -0.1) is 10.2 Å². The molecular weight excluding hydrogens is 298 g/mol. The first-order valence-corrected chi connectivity index (χ1v) is 6.34.